The molecule has 0 aliphatic carbocycles. The quantitative estimate of drug-likeness (QED) is 0.933. The molecule has 0 unspecified atom stereocenters. The molecule has 0 saturated heterocycles. The Balaban J connectivity index is 1.98. The molecule has 0 fully saturated rings. The molecular weight excluding hydrogens is 310 g/mol. The molecule has 3 nitrogen and oxygen atoms in total. The van der Waals surface area contributed by atoms with E-state index >= 15 is 0 Å². The fraction of sp³-hybridized carbons (Fsp3) is 0.231. The molecule has 0 aliphatic heterocycles. The highest BCUT2D eigenvalue weighted by atomic mass is 79.9. The van der Waals surface area contributed by atoms with E-state index in [0.29, 0.717) is 5.56 Å². The van der Waals surface area contributed by atoms with Crippen LogP contribution in [-0.2, 0) is 6.42 Å². The monoisotopic (exact) mass is 321 g/mol. The predicted molar refractivity (Wildman–Crippen MR) is 77.9 cm³/mol. The van der Waals surface area contributed by atoms with E-state index in [1.54, 1.807) is 17.4 Å². The summed E-state index contributed by atoms with van der Waals surface area (Å²) in [4.78, 5) is 4.41. The number of aromatic nitrogens is 1. The van der Waals surface area contributed by atoms with Gasteiger partial charge < -0.3 is 5.32 Å². The van der Waals surface area contributed by atoms with E-state index in [-0.39, 0.29) is 0 Å². The number of nitrogens with one attached hydrogen (secondary N) is 1. The lowest BCUT2D eigenvalue weighted by Gasteiger charge is -2.07. The molecule has 0 aliphatic rings. The van der Waals surface area contributed by atoms with Crippen molar-refractivity contribution in [3.8, 4) is 6.07 Å². The molecule has 0 amide bonds. The molecule has 0 radical (unpaired) electrons. The van der Waals surface area contributed by atoms with Crippen LogP contribution in [0.2, 0.25) is 0 Å². The van der Waals surface area contributed by atoms with Gasteiger partial charge in [-0.3, -0.25) is 0 Å². The standard InChI is InChI=1S/C13H12BrN3S/c1-9-8-18-13(17-9)4-5-16-12-6-11(14)3-2-10(12)7-15/h2-3,6,8,16H,4-5H2,1H3. The minimum absolute atomic E-state index is 0.661. The molecule has 5 heteroatoms. The van der Waals surface area contributed by atoms with Crippen molar-refractivity contribution in [1.82, 2.24) is 4.98 Å². The summed E-state index contributed by atoms with van der Waals surface area (Å²) in [5, 5.41) is 15.5. The summed E-state index contributed by atoms with van der Waals surface area (Å²) in [6, 6.07) is 7.78. The van der Waals surface area contributed by atoms with Crippen molar-refractivity contribution in [2.75, 3.05) is 11.9 Å². The third-order valence-corrected chi connectivity index (χ3v) is 3.94. The molecule has 2 rings (SSSR count). The number of aryl methyl sites for hydroxylation is 1. The number of hydrogen-bond acceptors (Lipinski definition) is 4. The topological polar surface area (TPSA) is 48.7 Å². The highest BCUT2D eigenvalue weighted by Gasteiger charge is 2.03. The van der Waals surface area contributed by atoms with E-state index in [9.17, 15) is 0 Å². The summed E-state index contributed by atoms with van der Waals surface area (Å²) < 4.78 is 0.967. The largest absolute Gasteiger partial charge is 0.384 e. The first-order valence-corrected chi connectivity index (χ1v) is 7.21. The van der Waals surface area contributed by atoms with Crippen molar-refractivity contribution >= 4 is 33.0 Å². The van der Waals surface area contributed by atoms with Crippen LogP contribution in [0, 0.1) is 18.3 Å². The van der Waals surface area contributed by atoms with Gasteiger partial charge in [0.2, 0.25) is 0 Å². The minimum atomic E-state index is 0.661. The summed E-state index contributed by atoms with van der Waals surface area (Å²) in [6.45, 7) is 2.77. The second-order valence-electron chi connectivity index (χ2n) is 3.86. The second kappa shape index (κ2) is 5.98. The van der Waals surface area contributed by atoms with Gasteiger partial charge in [-0.1, -0.05) is 15.9 Å². The Labute approximate surface area is 119 Å². The summed E-state index contributed by atoms with van der Waals surface area (Å²) >= 11 is 5.08. The molecule has 1 aromatic carbocycles. The summed E-state index contributed by atoms with van der Waals surface area (Å²) in [5.41, 5.74) is 2.59. The molecule has 92 valence electrons. The number of benzene rings is 1. The zero-order chi connectivity index (χ0) is 13.0. The van der Waals surface area contributed by atoms with E-state index in [1.807, 2.05) is 19.1 Å². The number of rotatable bonds is 4. The molecule has 0 saturated carbocycles. The third-order valence-electron chi connectivity index (χ3n) is 2.42. The van der Waals surface area contributed by atoms with E-state index in [1.165, 1.54) is 0 Å². The fourth-order valence-corrected chi connectivity index (χ4v) is 2.72. The van der Waals surface area contributed by atoms with Crippen LogP contribution in [0.4, 0.5) is 5.69 Å². The van der Waals surface area contributed by atoms with Gasteiger partial charge in [-0.15, -0.1) is 11.3 Å². The van der Waals surface area contributed by atoms with Crippen molar-refractivity contribution in [1.29, 1.82) is 5.26 Å². The SMILES string of the molecule is Cc1csc(CCNc2cc(Br)ccc2C#N)n1. The predicted octanol–water partition coefficient (Wildman–Crippen LogP) is 3.74. The van der Waals surface area contributed by atoms with Gasteiger partial charge in [0.15, 0.2) is 0 Å². The van der Waals surface area contributed by atoms with E-state index < -0.39 is 0 Å². The van der Waals surface area contributed by atoms with E-state index in [2.05, 4.69) is 37.7 Å². The lowest BCUT2D eigenvalue weighted by atomic mass is 10.2. The fourth-order valence-electron chi connectivity index (χ4n) is 1.58. The van der Waals surface area contributed by atoms with E-state index in [4.69, 9.17) is 5.26 Å². The highest BCUT2D eigenvalue weighted by molar-refractivity contribution is 9.10. The summed E-state index contributed by atoms with van der Waals surface area (Å²) in [5.74, 6) is 0. The molecule has 0 bridgehead atoms. The van der Waals surface area contributed by atoms with Crippen LogP contribution in [0.5, 0.6) is 0 Å². The van der Waals surface area contributed by atoms with Gasteiger partial charge in [-0.2, -0.15) is 5.26 Å². The number of nitriles is 1. The first-order chi connectivity index (χ1) is 8.69. The lowest BCUT2D eigenvalue weighted by molar-refractivity contribution is 0.986. The van der Waals surface area contributed by atoms with Gasteiger partial charge in [0, 0.05) is 28.5 Å². The molecule has 1 heterocycles. The molecular formula is C13H12BrN3S. The van der Waals surface area contributed by atoms with Crippen LogP contribution in [0.15, 0.2) is 28.1 Å². The Morgan fingerprint density at radius 1 is 1.50 bits per heavy atom. The Hall–Kier alpha value is -1.38. The van der Waals surface area contributed by atoms with Gasteiger partial charge in [0.1, 0.15) is 6.07 Å². The van der Waals surface area contributed by atoms with Crippen molar-refractivity contribution < 1.29 is 0 Å². The second-order valence-corrected chi connectivity index (χ2v) is 5.72. The molecule has 1 N–H and O–H groups in total. The van der Waals surface area contributed by atoms with Gasteiger partial charge in [0.25, 0.3) is 0 Å². The van der Waals surface area contributed by atoms with Gasteiger partial charge >= 0.3 is 0 Å². The van der Waals surface area contributed by atoms with Gasteiger partial charge in [-0.05, 0) is 25.1 Å². The van der Waals surface area contributed by atoms with Crippen LogP contribution in [-0.4, -0.2) is 11.5 Å². The average molecular weight is 322 g/mol. The van der Waals surface area contributed by atoms with Crippen LogP contribution in [0.1, 0.15) is 16.3 Å². The van der Waals surface area contributed by atoms with E-state index in [0.717, 1.165) is 33.8 Å². The number of nitrogens with zero attached hydrogens (tertiary/aromatic N) is 2. The molecule has 0 atom stereocenters. The zero-order valence-corrected chi connectivity index (χ0v) is 12.3. The van der Waals surface area contributed by atoms with Crippen LogP contribution >= 0.6 is 27.3 Å². The third kappa shape index (κ3) is 3.31. The molecule has 2 aromatic rings. The average Bonchev–Trinajstić information content (AvgIpc) is 2.75. The molecule has 18 heavy (non-hydrogen) atoms. The highest BCUT2D eigenvalue weighted by Crippen LogP contribution is 2.21. The van der Waals surface area contributed by atoms with Gasteiger partial charge in [0.05, 0.1) is 16.3 Å². The van der Waals surface area contributed by atoms with Crippen LogP contribution in [0.25, 0.3) is 0 Å². The first-order valence-electron chi connectivity index (χ1n) is 5.53. The van der Waals surface area contributed by atoms with Crippen molar-refractivity contribution in [3.63, 3.8) is 0 Å². The van der Waals surface area contributed by atoms with Crippen molar-refractivity contribution in [2.24, 2.45) is 0 Å². The number of hydrogen-bond donors (Lipinski definition) is 1. The number of anilines is 1. The Bertz CT molecular complexity index is 586. The maximum absolute atomic E-state index is 9.01. The van der Waals surface area contributed by atoms with Crippen molar-refractivity contribution in [2.45, 2.75) is 13.3 Å². The zero-order valence-electron chi connectivity index (χ0n) is 9.90. The minimum Gasteiger partial charge on any atom is -0.384 e. The Kier molecular flexibility index (Phi) is 4.34. The lowest BCUT2D eigenvalue weighted by Crippen LogP contribution is -2.06. The van der Waals surface area contributed by atoms with Gasteiger partial charge in [-0.25, -0.2) is 4.98 Å². The Morgan fingerprint density at radius 3 is 3.00 bits per heavy atom. The maximum Gasteiger partial charge on any atom is 0.101 e. The van der Waals surface area contributed by atoms with Crippen molar-refractivity contribution in [3.05, 3.63) is 44.3 Å². The summed E-state index contributed by atoms with van der Waals surface area (Å²) in [6.07, 6.45) is 0.871. The molecule has 1 aromatic heterocycles. The smallest absolute Gasteiger partial charge is 0.101 e. The summed E-state index contributed by atoms with van der Waals surface area (Å²) in [7, 11) is 0. The first kappa shape index (κ1) is 13.1. The normalized spacial score (nSPS) is 10.1. The Morgan fingerprint density at radius 2 is 2.33 bits per heavy atom. The van der Waals surface area contributed by atoms with Crippen LogP contribution < -0.4 is 5.32 Å². The number of thiazole rings is 1. The van der Waals surface area contributed by atoms with Crippen LogP contribution in [0.3, 0.4) is 0 Å². The molecule has 0 spiro atoms. The maximum atomic E-state index is 9.01. The number of halogens is 1.